The standard InChI is InChI=1S/C27H32BrO2P/c1-4-30-26(29)27(2,3)21-14-22-31(28,23-15-8-5-9-16-23,24-17-10-6-11-18-24)25-19-12-7-13-20-25/h5-13,15-20H,4,14,21-22H2,1-3H3. The Labute approximate surface area is 194 Å². The van der Waals surface area contributed by atoms with Gasteiger partial charge in [0.25, 0.3) is 0 Å². The Balaban J connectivity index is 2.12. The van der Waals surface area contributed by atoms with Crippen molar-refractivity contribution in [1.29, 1.82) is 0 Å². The number of esters is 1. The maximum atomic E-state index is 12.5. The molecule has 0 saturated heterocycles. The summed E-state index contributed by atoms with van der Waals surface area (Å²) in [5.41, 5.74) is -0.512. The monoisotopic (exact) mass is 498 g/mol. The molecule has 0 saturated carbocycles. The Morgan fingerprint density at radius 3 is 1.55 bits per heavy atom. The fourth-order valence-electron chi connectivity index (χ4n) is 4.30. The van der Waals surface area contributed by atoms with Crippen LogP contribution in [0.25, 0.3) is 0 Å². The maximum absolute atomic E-state index is 12.5. The number of hydrogen-bond acceptors (Lipinski definition) is 2. The Morgan fingerprint density at radius 2 is 1.19 bits per heavy atom. The minimum atomic E-state index is -2.93. The summed E-state index contributed by atoms with van der Waals surface area (Å²) in [5.74, 6) is -0.121. The number of carbonyl (C=O) groups excluding carboxylic acids is 1. The zero-order valence-electron chi connectivity index (χ0n) is 18.6. The summed E-state index contributed by atoms with van der Waals surface area (Å²) < 4.78 is 5.33. The van der Waals surface area contributed by atoms with Crippen LogP contribution >= 0.6 is 20.8 Å². The van der Waals surface area contributed by atoms with Gasteiger partial charge in [-0.15, -0.1) is 0 Å². The van der Waals surface area contributed by atoms with E-state index >= 15 is 0 Å². The molecule has 164 valence electrons. The first-order chi connectivity index (χ1) is 14.8. The SMILES string of the molecule is CCOC(=O)C(C)(C)CCCP(Br)(c1ccccc1)(c1ccccc1)c1ccccc1. The minimum absolute atomic E-state index is 0.121. The number of rotatable bonds is 9. The van der Waals surface area contributed by atoms with Gasteiger partial charge in [-0.25, -0.2) is 0 Å². The van der Waals surface area contributed by atoms with Gasteiger partial charge in [-0.05, 0) is 0 Å². The normalized spacial score (nSPS) is 13.2. The number of hydrogen-bond donors (Lipinski definition) is 0. The summed E-state index contributed by atoms with van der Waals surface area (Å²) in [4.78, 5) is 12.5. The van der Waals surface area contributed by atoms with Crippen molar-refractivity contribution in [2.45, 2.75) is 33.6 Å². The molecule has 2 nitrogen and oxygen atoms in total. The predicted molar refractivity (Wildman–Crippen MR) is 139 cm³/mol. The quantitative estimate of drug-likeness (QED) is 0.259. The fraction of sp³-hybridized carbons (Fsp3) is 0.296. The van der Waals surface area contributed by atoms with Crippen LogP contribution in [0.4, 0.5) is 0 Å². The van der Waals surface area contributed by atoms with E-state index in [1.54, 1.807) is 0 Å². The van der Waals surface area contributed by atoms with E-state index < -0.39 is 10.7 Å². The molecular weight excluding hydrogens is 467 g/mol. The molecule has 0 aliphatic rings. The van der Waals surface area contributed by atoms with E-state index in [0.717, 1.165) is 19.0 Å². The van der Waals surface area contributed by atoms with Crippen molar-refractivity contribution >= 4 is 42.7 Å². The Morgan fingerprint density at radius 1 is 0.806 bits per heavy atom. The number of ether oxygens (including phenoxy) is 1. The van der Waals surface area contributed by atoms with Crippen molar-refractivity contribution in [1.82, 2.24) is 0 Å². The van der Waals surface area contributed by atoms with Crippen LogP contribution in [0, 0.1) is 5.41 Å². The zero-order valence-corrected chi connectivity index (χ0v) is 21.1. The molecule has 0 amide bonds. The Kier molecular flexibility index (Phi) is 7.39. The van der Waals surface area contributed by atoms with Crippen LogP contribution < -0.4 is 15.9 Å². The molecule has 3 aromatic rings. The number of carbonyl (C=O) groups is 1. The second kappa shape index (κ2) is 9.67. The average Bonchev–Trinajstić information content (AvgIpc) is 2.81. The Bertz CT molecular complexity index is 888. The van der Waals surface area contributed by atoms with Crippen molar-refractivity contribution in [3.8, 4) is 0 Å². The molecule has 0 aliphatic heterocycles. The van der Waals surface area contributed by atoms with Gasteiger partial charge in [0.2, 0.25) is 0 Å². The van der Waals surface area contributed by atoms with Crippen molar-refractivity contribution in [3.63, 3.8) is 0 Å². The van der Waals surface area contributed by atoms with Crippen molar-refractivity contribution < 1.29 is 9.53 Å². The summed E-state index contributed by atoms with van der Waals surface area (Å²) in [6.45, 7) is 6.25. The second-order valence-corrected chi connectivity index (χ2v) is 17.7. The molecule has 4 heteroatoms. The van der Waals surface area contributed by atoms with E-state index in [1.165, 1.54) is 15.9 Å². The third kappa shape index (κ3) is 4.64. The summed E-state index contributed by atoms with van der Waals surface area (Å²) in [6.07, 6.45) is 2.59. The first kappa shape index (κ1) is 23.7. The number of benzene rings is 3. The van der Waals surface area contributed by atoms with Gasteiger partial charge in [-0.1, -0.05) is 0 Å². The molecule has 3 rings (SSSR count). The van der Waals surface area contributed by atoms with Crippen LogP contribution in [0.2, 0.25) is 0 Å². The van der Waals surface area contributed by atoms with Crippen LogP contribution in [-0.4, -0.2) is 18.7 Å². The summed E-state index contributed by atoms with van der Waals surface area (Å²) in [7, 11) is 0. The molecule has 0 fully saturated rings. The van der Waals surface area contributed by atoms with Crippen LogP contribution in [0.15, 0.2) is 91.0 Å². The van der Waals surface area contributed by atoms with Crippen molar-refractivity contribution in [2.75, 3.05) is 12.8 Å². The molecule has 0 bridgehead atoms. The van der Waals surface area contributed by atoms with Gasteiger partial charge >= 0.3 is 195 Å². The summed E-state index contributed by atoms with van der Waals surface area (Å²) in [5, 5.41) is 0.984. The van der Waals surface area contributed by atoms with E-state index in [-0.39, 0.29) is 5.97 Å². The molecule has 0 aliphatic carbocycles. The second-order valence-electron chi connectivity index (χ2n) is 8.62. The van der Waals surface area contributed by atoms with Gasteiger partial charge in [-0.3, -0.25) is 0 Å². The molecule has 0 N–H and O–H groups in total. The predicted octanol–water partition coefficient (Wildman–Crippen LogP) is 6.20. The topological polar surface area (TPSA) is 26.3 Å². The van der Waals surface area contributed by atoms with Crippen LogP contribution in [0.5, 0.6) is 0 Å². The van der Waals surface area contributed by atoms with Crippen LogP contribution in [0.3, 0.4) is 0 Å². The van der Waals surface area contributed by atoms with Gasteiger partial charge in [-0.2, -0.15) is 0 Å². The first-order valence-corrected chi connectivity index (χ1v) is 15.3. The fourth-order valence-corrected chi connectivity index (χ4v) is 12.0. The molecular formula is C27H32BrO2P. The van der Waals surface area contributed by atoms with E-state index in [0.29, 0.717) is 6.61 Å². The third-order valence-electron chi connectivity index (χ3n) is 6.09. The number of halogens is 1. The Hall–Kier alpha value is -1.96. The zero-order chi connectivity index (χ0) is 22.4. The van der Waals surface area contributed by atoms with Gasteiger partial charge in [0.05, 0.1) is 0 Å². The molecule has 3 aromatic carbocycles. The van der Waals surface area contributed by atoms with Crippen LogP contribution in [0.1, 0.15) is 33.6 Å². The molecule has 0 aromatic heterocycles. The van der Waals surface area contributed by atoms with Gasteiger partial charge in [0.15, 0.2) is 0 Å². The van der Waals surface area contributed by atoms with Crippen molar-refractivity contribution in [2.24, 2.45) is 5.41 Å². The van der Waals surface area contributed by atoms with Crippen LogP contribution in [-0.2, 0) is 9.53 Å². The molecule has 0 radical (unpaired) electrons. The summed E-state index contributed by atoms with van der Waals surface area (Å²) >= 11 is 4.47. The summed E-state index contributed by atoms with van der Waals surface area (Å²) in [6, 6.07) is 32.3. The van der Waals surface area contributed by atoms with Gasteiger partial charge < -0.3 is 0 Å². The first-order valence-electron chi connectivity index (χ1n) is 10.9. The molecule has 0 atom stereocenters. The molecule has 31 heavy (non-hydrogen) atoms. The van der Waals surface area contributed by atoms with Gasteiger partial charge in [0, 0.05) is 0 Å². The van der Waals surface area contributed by atoms with E-state index in [1.807, 2.05) is 20.8 Å². The van der Waals surface area contributed by atoms with Crippen molar-refractivity contribution in [3.05, 3.63) is 91.0 Å². The molecule has 0 heterocycles. The van der Waals surface area contributed by atoms with Gasteiger partial charge in [0.1, 0.15) is 0 Å². The average molecular weight is 499 g/mol. The van der Waals surface area contributed by atoms with E-state index in [4.69, 9.17) is 4.74 Å². The third-order valence-corrected chi connectivity index (χ3v) is 16.1. The molecule has 0 unspecified atom stereocenters. The molecule has 0 spiro atoms. The van der Waals surface area contributed by atoms with E-state index in [9.17, 15) is 4.79 Å². The van der Waals surface area contributed by atoms with E-state index in [2.05, 4.69) is 106 Å².